The molecule has 0 radical (unpaired) electrons. The minimum absolute atomic E-state index is 0.0461. The maximum absolute atomic E-state index is 13.2. The average molecular weight is 651 g/mol. The van der Waals surface area contributed by atoms with E-state index in [1.54, 1.807) is 45.0 Å². The third-order valence-corrected chi connectivity index (χ3v) is 7.65. The molecule has 5 N–H and O–H groups in total. The number of ether oxygens (including phenoxy) is 6. The summed E-state index contributed by atoms with van der Waals surface area (Å²) in [6, 6.07) is 16.2. The maximum atomic E-state index is 13.2. The second-order valence-electron chi connectivity index (χ2n) is 11.2. The van der Waals surface area contributed by atoms with Crippen LogP contribution in [0.3, 0.4) is 0 Å². The Labute approximate surface area is 268 Å². The van der Waals surface area contributed by atoms with Crippen LogP contribution in [0.15, 0.2) is 69.9 Å². The highest BCUT2D eigenvalue weighted by Gasteiger charge is 2.53. The van der Waals surface area contributed by atoms with Gasteiger partial charge in [-0.05, 0) is 63.2 Å². The molecule has 3 aromatic carbocycles. The molecule has 4 aromatic rings. The monoisotopic (exact) mass is 650 g/mol. The molecule has 14 heteroatoms. The van der Waals surface area contributed by atoms with Crippen LogP contribution < -0.4 is 30.9 Å². The largest absolute Gasteiger partial charge is 0.505 e. The van der Waals surface area contributed by atoms with Gasteiger partial charge in [0.15, 0.2) is 35.1 Å². The molecule has 0 aliphatic carbocycles. The number of primary amides is 1. The Balaban J connectivity index is 1.41. The van der Waals surface area contributed by atoms with E-state index in [9.17, 15) is 24.6 Å². The van der Waals surface area contributed by atoms with Gasteiger partial charge in [-0.3, -0.25) is 4.79 Å². The first-order valence-corrected chi connectivity index (χ1v) is 14.4. The number of nitrogens with one attached hydrogen (secondary N) is 1. The minimum Gasteiger partial charge on any atom is -0.505 e. The number of nitrogens with two attached hydrogens (primary N) is 1. The number of methoxy groups -OCH3 is 2. The highest BCUT2D eigenvalue weighted by Crippen LogP contribution is 2.39. The van der Waals surface area contributed by atoms with Crippen LogP contribution in [-0.2, 0) is 14.2 Å². The number of benzene rings is 3. The number of para-hydroxylation sites is 1. The number of aryl methyl sites for hydroxylation is 1. The predicted octanol–water partition coefficient (Wildman–Crippen LogP) is 4.21. The predicted molar refractivity (Wildman–Crippen MR) is 167 cm³/mol. The summed E-state index contributed by atoms with van der Waals surface area (Å²) in [5, 5.41) is 24.6. The summed E-state index contributed by atoms with van der Waals surface area (Å²) in [5.41, 5.74) is 2.92. The first-order chi connectivity index (χ1) is 22.3. The standard InChI is InChI=1S/C33H34N2O12/c1-16-20(44-31-25(37)27(46-32(34)40)28(42-5)33(2,3)47-31)14-12-19-24(36)23(30(39)45-26(16)19)35-29(38)17-11-13-21(41-4)22(15-17)43-18-9-7-6-8-10-18/h6-15,25,27-28,31,36-37H,1-5H3,(H2,34,40)(H,35,38)/t25-,27+,28-,31-/m1/s1. The molecule has 0 unspecified atom stereocenters. The highest BCUT2D eigenvalue weighted by atomic mass is 16.7. The van der Waals surface area contributed by atoms with Gasteiger partial charge in [-0.1, -0.05) is 18.2 Å². The van der Waals surface area contributed by atoms with Gasteiger partial charge in [-0.2, -0.15) is 0 Å². The fraction of sp³-hybridized carbons (Fsp3) is 0.303. The Kier molecular flexibility index (Phi) is 9.28. The van der Waals surface area contributed by atoms with E-state index in [1.165, 1.54) is 44.6 Å². The lowest BCUT2D eigenvalue weighted by Crippen LogP contribution is -2.65. The summed E-state index contributed by atoms with van der Waals surface area (Å²) in [6.07, 6.45) is -6.12. The highest BCUT2D eigenvalue weighted by molar-refractivity contribution is 6.07. The third kappa shape index (κ3) is 6.65. The van der Waals surface area contributed by atoms with Gasteiger partial charge in [0.05, 0.1) is 18.1 Å². The lowest BCUT2D eigenvalue weighted by Gasteiger charge is -2.47. The number of anilines is 1. The smallest absolute Gasteiger partial charge is 0.404 e. The van der Waals surface area contributed by atoms with Crippen molar-refractivity contribution in [1.29, 1.82) is 0 Å². The van der Waals surface area contributed by atoms with Crippen molar-refractivity contribution in [2.75, 3.05) is 19.5 Å². The molecule has 248 valence electrons. The molecule has 0 spiro atoms. The van der Waals surface area contributed by atoms with Crippen molar-refractivity contribution in [2.24, 2.45) is 5.73 Å². The van der Waals surface area contributed by atoms with Crippen molar-refractivity contribution in [3.63, 3.8) is 0 Å². The van der Waals surface area contributed by atoms with Gasteiger partial charge < -0.3 is 54.1 Å². The van der Waals surface area contributed by atoms with Crippen LogP contribution in [-0.4, -0.2) is 66.6 Å². The number of carbonyl (C=O) groups is 2. The zero-order valence-corrected chi connectivity index (χ0v) is 26.1. The zero-order chi connectivity index (χ0) is 34.0. The topological polar surface area (TPSA) is 198 Å². The molecule has 47 heavy (non-hydrogen) atoms. The number of fused-ring (bicyclic) bond motifs is 1. The van der Waals surface area contributed by atoms with Crippen LogP contribution in [0.1, 0.15) is 29.8 Å². The molecule has 0 bridgehead atoms. The van der Waals surface area contributed by atoms with E-state index >= 15 is 0 Å². The number of aliphatic hydroxyl groups is 1. The molecule has 5 rings (SSSR count). The van der Waals surface area contributed by atoms with E-state index in [4.69, 9.17) is 38.6 Å². The molecule has 0 saturated carbocycles. The van der Waals surface area contributed by atoms with Crippen molar-refractivity contribution < 1.29 is 52.6 Å². The van der Waals surface area contributed by atoms with E-state index < -0.39 is 59.3 Å². The van der Waals surface area contributed by atoms with Crippen molar-refractivity contribution >= 4 is 28.7 Å². The van der Waals surface area contributed by atoms with Crippen LogP contribution in [0.2, 0.25) is 0 Å². The fourth-order valence-corrected chi connectivity index (χ4v) is 5.37. The maximum Gasteiger partial charge on any atom is 0.404 e. The lowest BCUT2D eigenvalue weighted by molar-refractivity contribution is -0.304. The van der Waals surface area contributed by atoms with Crippen molar-refractivity contribution in [2.45, 2.75) is 51.0 Å². The van der Waals surface area contributed by atoms with Gasteiger partial charge in [0.1, 0.15) is 23.2 Å². The van der Waals surface area contributed by atoms with Gasteiger partial charge >= 0.3 is 11.7 Å². The van der Waals surface area contributed by atoms with Crippen LogP contribution in [0, 0.1) is 6.92 Å². The Hall–Kier alpha value is -5.31. The zero-order valence-electron chi connectivity index (χ0n) is 26.1. The molecular formula is C33H34N2O12. The molecular weight excluding hydrogens is 616 g/mol. The molecule has 14 nitrogen and oxygen atoms in total. The summed E-state index contributed by atoms with van der Waals surface area (Å²) in [6.45, 7) is 4.87. The van der Waals surface area contributed by atoms with Crippen molar-refractivity contribution in [3.8, 4) is 28.7 Å². The number of amides is 2. The van der Waals surface area contributed by atoms with Crippen LogP contribution in [0.25, 0.3) is 11.0 Å². The van der Waals surface area contributed by atoms with E-state index in [0.717, 1.165) is 0 Å². The number of rotatable bonds is 9. The Bertz CT molecular complexity index is 1860. The minimum atomic E-state index is -1.52. The second-order valence-corrected chi connectivity index (χ2v) is 11.2. The molecule has 1 fully saturated rings. The molecule has 4 atom stereocenters. The number of hydrogen-bond donors (Lipinski definition) is 4. The van der Waals surface area contributed by atoms with E-state index in [1.807, 2.05) is 6.07 Å². The molecule has 1 aliphatic heterocycles. The van der Waals surface area contributed by atoms with Crippen LogP contribution in [0.5, 0.6) is 28.7 Å². The number of carbonyl (C=O) groups excluding carboxylic acids is 2. The summed E-state index contributed by atoms with van der Waals surface area (Å²) in [4.78, 5) is 37.8. The molecule has 2 heterocycles. The fourth-order valence-electron chi connectivity index (χ4n) is 5.37. The van der Waals surface area contributed by atoms with E-state index in [-0.39, 0.29) is 33.6 Å². The van der Waals surface area contributed by atoms with Crippen molar-refractivity contribution in [1.82, 2.24) is 0 Å². The summed E-state index contributed by atoms with van der Waals surface area (Å²) in [7, 11) is 2.83. The Morgan fingerprint density at radius 3 is 2.36 bits per heavy atom. The number of hydrogen-bond acceptors (Lipinski definition) is 12. The lowest BCUT2D eigenvalue weighted by atomic mass is 9.89. The van der Waals surface area contributed by atoms with Gasteiger partial charge in [0.2, 0.25) is 6.29 Å². The molecule has 1 saturated heterocycles. The quantitative estimate of drug-likeness (QED) is 0.189. The van der Waals surface area contributed by atoms with Crippen LogP contribution in [0.4, 0.5) is 10.5 Å². The average Bonchev–Trinajstić information content (AvgIpc) is 3.03. The summed E-state index contributed by atoms with van der Waals surface area (Å²) in [5.74, 6) is -0.00409. The first kappa shape index (κ1) is 33.1. The number of aliphatic hydroxyl groups excluding tert-OH is 1. The molecule has 1 aromatic heterocycles. The van der Waals surface area contributed by atoms with E-state index in [0.29, 0.717) is 11.5 Å². The third-order valence-electron chi connectivity index (χ3n) is 7.65. The van der Waals surface area contributed by atoms with Crippen LogP contribution >= 0.6 is 0 Å². The number of aromatic hydroxyl groups is 1. The van der Waals surface area contributed by atoms with Gasteiger partial charge in [0.25, 0.3) is 5.91 Å². The van der Waals surface area contributed by atoms with Crippen molar-refractivity contribution in [3.05, 3.63) is 82.2 Å². The SMILES string of the molecule is COc1ccc(C(=O)Nc2c(O)c3ccc(O[C@@H]4OC(C)(C)[C@H](OC)[C@@H](OC(N)=O)[C@H]4O)c(C)c3oc2=O)cc1Oc1ccccc1. The molecule has 1 aliphatic rings. The Morgan fingerprint density at radius 1 is 1.00 bits per heavy atom. The normalized spacial score (nSPS) is 20.3. The summed E-state index contributed by atoms with van der Waals surface area (Å²) >= 11 is 0. The van der Waals surface area contributed by atoms with Gasteiger partial charge in [-0.15, -0.1) is 0 Å². The first-order valence-electron chi connectivity index (χ1n) is 14.4. The molecule has 2 amide bonds. The van der Waals surface area contributed by atoms with E-state index in [2.05, 4.69) is 5.32 Å². The Morgan fingerprint density at radius 2 is 1.70 bits per heavy atom. The summed E-state index contributed by atoms with van der Waals surface area (Å²) < 4.78 is 39.2. The second kappa shape index (κ2) is 13.2. The van der Waals surface area contributed by atoms with Gasteiger partial charge in [0, 0.05) is 18.2 Å². The van der Waals surface area contributed by atoms with Gasteiger partial charge in [-0.25, -0.2) is 9.59 Å².